The third-order valence-electron chi connectivity index (χ3n) is 1.49. The van der Waals surface area contributed by atoms with Crippen LogP contribution in [0.3, 0.4) is 0 Å². The molecular formula is C7H4ClF3N3+. The number of alkyl halides is 3. The van der Waals surface area contributed by atoms with E-state index in [1.807, 2.05) is 0 Å². The number of halogens is 4. The van der Waals surface area contributed by atoms with Gasteiger partial charge >= 0.3 is 12.4 Å². The van der Waals surface area contributed by atoms with Crippen LogP contribution in [0.1, 0.15) is 5.56 Å². The van der Waals surface area contributed by atoms with Crippen molar-refractivity contribution in [1.82, 2.24) is 0 Å². The van der Waals surface area contributed by atoms with Gasteiger partial charge in [-0.2, -0.15) is 13.2 Å². The second kappa shape index (κ2) is 3.35. The Morgan fingerprint density at radius 1 is 1.50 bits per heavy atom. The number of hydrogen-bond donors (Lipinski definition) is 1. The van der Waals surface area contributed by atoms with Crippen LogP contribution in [0.15, 0.2) is 12.3 Å². The van der Waals surface area contributed by atoms with Crippen LogP contribution in [0.2, 0.25) is 5.15 Å². The summed E-state index contributed by atoms with van der Waals surface area (Å²) in [5.41, 5.74) is 3.52. The van der Waals surface area contributed by atoms with Gasteiger partial charge in [-0.15, -0.1) is 4.57 Å². The van der Waals surface area contributed by atoms with Gasteiger partial charge in [0.15, 0.2) is 5.26 Å². The molecule has 0 bridgehead atoms. The molecule has 0 aliphatic heterocycles. The van der Waals surface area contributed by atoms with Crippen LogP contribution < -0.4 is 10.3 Å². The van der Waals surface area contributed by atoms with Crippen LogP contribution in [-0.2, 0) is 6.18 Å². The fourth-order valence-electron chi connectivity index (χ4n) is 0.864. The fraction of sp³-hybridized carbons (Fsp3) is 0.143. The van der Waals surface area contributed by atoms with E-state index in [2.05, 4.69) is 0 Å². The Kier molecular flexibility index (Phi) is 2.53. The molecule has 1 rings (SSSR count). The van der Waals surface area contributed by atoms with E-state index in [0.717, 1.165) is 10.8 Å². The van der Waals surface area contributed by atoms with Crippen molar-refractivity contribution in [1.29, 1.82) is 5.26 Å². The molecule has 2 N–H and O–H groups in total. The summed E-state index contributed by atoms with van der Waals surface area (Å²) in [5.74, 6) is 0. The van der Waals surface area contributed by atoms with Crippen molar-refractivity contribution in [3.05, 3.63) is 23.0 Å². The Hall–Kier alpha value is -1.48. The molecule has 0 unspecified atom stereocenters. The second-order valence-electron chi connectivity index (χ2n) is 2.43. The van der Waals surface area contributed by atoms with Gasteiger partial charge in [-0.25, -0.2) is 0 Å². The zero-order chi connectivity index (χ0) is 10.9. The van der Waals surface area contributed by atoms with Gasteiger partial charge < -0.3 is 5.73 Å². The quantitative estimate of drug-likeness (QED) is 0.535. The molecule has 0 atom stereocenters. The van der Waals surface area contributed by atoms with Gasteiger partial charge in [0.2, 0.25) is 5.15 Å². The predicted molar refractivity (Wildman–Crippen MR) is 42.1 cm³/mol. The number of hydrogen-bond acceptors (Lipinski definition) is 2. The van der Waals surface area contributed by atoms with Crippen LogP contribution in [-0.4, -0.2) is 0 Å². The van der Waals surface area contributed by atoms with Gasteiger partial charge in [-0.3, -0.25) is 0 Å². The minimum absolute atomic E-state index is 0.339. The third-order valence-corrected chi connectivity index (χ3v) is 1.78. The van der Waals surface area contributed by atoms with E-state index in [9.17, 15) is 13.2 Å². The van der Waals surface area contributed by atoms with Crippen LogP contribution in [0, 0.1) is 11.5 Å². The Labute approximate surface area is 82.1 Å². The van der Waals surface area contributed by atoms with Gasteiger partial charge in [-0.05, 0) is 11.6 Å². The molecule has 0 aliphatic carbocycles. The highest BCUT2D eigenvalue weighted by molar-refractivity contribution is 6.28. The first-order valence-corrected chi connectivity index (χ1v) is 3.72. The molecule has 74 valence electrons. The maximum Gasteiger partial charge on any atom is 0.465 e. The number of nitrogens with two attached hydrogens (primary N) is 1. The smallest absolute Gasteiger partial charge is 0.395 e. The molecule has 0 amide bonds. The summed E-state index contributed by atoms with van der Waals surface area (Å²) in [7, 11) is 0. The van der Waals surface area contributed by atoms with E-state index in [0.29, 0.717) is 6.07 Å². The average molecular weight is 223 g/mol. The van der Waals surface area contributed by atoms with Crippen LogP contribution >= 0.6 is 11.6 Å². The summed E-state index contributed by atoms with van der Waals surface area (Å²) in [6.07, 6.45) is -2.19. The molecule has 0 spiro atoms. The largest absolute Gasteiger partial charge is 0.465 e. The molecule has 3 nitrogen and oxygen atoms in total. The van der Waals surface area contributed by atoms with Gasteiger partial charge in [0.05, 0.1) is 11.3 Å². The SMILES string of the molecule is N#C[n+]1cc(N)c(C(F)(F)F)cc1Cl. The van der Waals surface area contributed by atoms with Crippen molar-refractivity contribution in [2.75, 3.05) is 5.73 Å². The zero-order valence-electron chi connectivity index (χ0n) is 6.64. The Morgan fingerprint density at radius 3 is 2.50 bits per heavy atom. The molecular weight excluding hydrogens is 219 g/mol. The molecule has 0 fully saturated rings. The molecule has 14 heavy (non-hydrogen) atoms. The molecule has 1 heterocycles. The summed E-state index contributed by atoms with van der Waals surface area (Å²) < 4.78 is 37.4. The lowest BCUT2D eigenvalue weighted by molar-refractivity contribution is -0.583. The summed E-state index contributed by atoms with van der Waals surface area (Å²) in [6.45, 7) is 0. The first-order valence-electron chi connectivity index (χ1n) is 3.34. The number of nitrogen functional groups attached to an aromatic ring is 1. The minimum atomic E-state index is -4.57. The van der Waals surface area contributed by atoms with E-state index in [1.165, 1.54) is 0 Å². The Morgan fingerprint density at radius 2 is 2.07 bits per heavy atom. The molecule has 1 aromatic rings. The first kappa shape index (κ1) is 10.6. The number of aromatic nitrogens is 1. The van der Waals surface area contributed by atoms with E-state index in [-0.39, 0.29) is 5.15 Å². The summed E-state index contributed by atoms with van der Waals surface area (Å²) in [5, 5.41) is 8.09. The zero-order valence-corrected chi connectivity index (χ0v) is 7.39. The Bertz CT molecular complexity index is 408. The molecule has 0 radical (unpaired) electrons. The van der Waals surface area contributed by atoms with Crippen LogP contribution in [0.4, 0.5) is 18.9 Å². The number of rotatable bonds is 0. The molecule has 0 aliphatic rings. The maximum atomic E-state index is 12.2. The standard InChI is InChI=1S/C7H4ClF3N3/c8-6-1-4(7(9,10)11)5(13)2-14(6)3-12/h1-2H,13H2/q+1. The number of anilines is 1. The normalized spacial score (nSPS) is 11.1. The molecule has 0 aromatic carbocycles. The highest BCUT2D eigenvalue weighted by Crippen LogP contribution is 2.33. The number of nitrogens with zero attached hydrogens (tertiary/aromatic N) is 2. The monoisotopic (exact) mass is 222 g/mol. The lowest BCUT2D eigenvalue weighted by atomic mass is 10.2. The van der Waals surface area contributed by atoms with E-state index in [1.54, 1.807) is 6.19 Å². The molecule has 0 saturated heterocycles. The van der Waals surface area contributed by atoms with Gasteiger partial charge in [0, 0.05) is 6.07 Å². The fourth-order valence-corrected chi connectivity index (χ4v) is 1.06. The predicted octanol–water partition coefficient (Wildman–Crippen LogP) is 1.56. The van der Waals surface area contributed by atoms with E-state index < -0.39 is 17.4 Å². The lowest BCUT2D eigenvalue weighted by Crippen LogP contribution is -2.31. The number of nitriles is 1. The minimum Gasteiger partial charge on any atom is -0.395 e. The summed E-state index contributed by atoms with van der Waals surface area (Å²) in [6, 6.07) is 0.611. The first-order chi connectivity index (χ1) is 6.36. The topological polar surface area (TPSA) is 53.7 Å². The van der Waals surface area contributed by atoms with Gasteiger partial charge in [0.25, 0.3) is 0 Å². The van der Waals surface area contributed by atoms with Crippen LogP contribution in [0.25, 0.3) is 0 Å². The van der Waals surface area contributed by atoms with Crippen molar-refractivity contribution in [2.24, 2.45) is 0 Å². The molecule has 1 aromatic heterocycles. The highest BCUT2D eigenvalue weighted by Gasteiger charge is 2.34. The lowest BCUT2D eigenvalue weighted by Gasteiger charge is -2.08. The highest BCUT2D eigenvalue weighted by atomic mass is 35.5. The third kappa shape index (κ3) is 1.88. The number of pyridine rings is 1. The van der Waals surface area contributed by atoms with Gasteiger partial charge in [0.1, 0.15) is 6.20 Å². The average Bonchev–Trinajstić information content (AvgIpc) is 2.06. The van der Waals surface area contributed by atoms with Gasteiger partial charge in [-0.1, -0.05) is 0 Å². The van der Waals surface area contributed by atoms with Crippen molar-refractivity contribution in [3.8, 4) is 6.19 Å². The summed E-state index contributed by atoms with van der Waals surface area (Å²) >= 11 is 5.39. The van der Waals surface area contributed by atoms with E-state index in [4.69, 9.17) is 22.6 Å². The Balaban J connectivity index is 3.38. The molecule has 0 saturated carbocycles. The van der Waals surface area contributed by atoms with Crippen molar-refractivity contribution in [3.63, 3.8) is 0 Å². The van der Waals surface area contributed by atoms with Crippen LogP contribution in [0.5, 0.6) is 0 Å². The van der Waals surface area contributed by atoms with Crippen molar-refractivity contribution >= 4 is 17.3 Å². The second-order valence-corrected chi connectivity index (χ2v) is 2.82. The van der Waals surface area contributed by atoms with E-state index >= 15 is 0 Å². The summed E-state index contributed by atoms with van der Waals surface area (Å²) in [4.78, 5) is 0. The maximum absolute atomic E-state index is 12.2. The molecule has 7 heteroatoms. The van der Waals surface area contributed by atoms with Crippen molar-refractivity contribution < 1.29 is 17.7 Å². The van der Waals surface area contributed by atoms with Crippen molar-refractivity contribution in [2.45, 2.75) is 6.18 Å².